The lowest BCUT2D eigenvalue weighted by molar-refractivity contribution is -0.115. The molecule has 3 aromatic rings. The molecule has 2 heterocycles. The van der Waals surface area contributed by atoms with E-state index in [-0.39, 0.29) is 23.0 Å². The molecule has 2 amide bonds. The highest BCUT2D eigenvalue weighted by molar-refractivity contribution is 8.00. The average molecular weight is 543 g/mol. The van der Waals surface area contributed by atoms with Gasteiger partial charge in [0.05, 0.1) is 22.3 Å². The van der Waals surface area contributed by atoms with E-state index in [4.69, 9.17) is 4.74 Å². The SMILES string of the molecule is CCOC(=O)c1c(NC(=O)C(CC)Sc2cccc(NC(=O)c3cccs3)c2)sc2c1CCCCC2. The molecular weight excluding hydrogens is 513 g/mol. The van der Waals surface area contributed by atoms with Crippen molar-refractivity contribution in [3.8, 4) is 0 Å². The fraction of sp³-hybridized carbons (Fsp3) is 0.370. The highest BCUT2D eigenvalue weighted by atomic mass is 32.2. The number of rotatable bonds is 9. The molecule has 0 bridgehead atoms. The Hall–Kier alpha value is -2.62. The van der Waals surface area contributed by atoms with Crippen LogP contribution in [0.1, 0.15) is 70.0 Å². The van der Waals surface area contributed by atoms with Crippen molar-refractivity contribution >= 4 is 62.9 Å². The van der Waals surface area contributed by atoms with Gasteiger partial charge < -0.3 is 15.4 Å². The minimum absolute atomic E-state index is 0.141. The van der Waals surface area contributed by atoms with Crippen LogP contribution in [0.3, 0.4) is 0 Å². The third-order valence-corrected chi connectivity index (χ3v) is 9.35. The second-order valence-electron chi connectivity index (χ2n) is 8.45. The monoisotopic (exact) mass is 542 g/mol. The largest absolute Gasteiger partial charge is 0.462 e. The van der Waals surface area contributed by atoms with Crippen molar-refractivity contribution in [2.24, 2.45) is 0 Å². The number of benzene rings is 1. The standard InChI is InChI=1S/C27H30N2O4S3/c1-3-20(35-18-11-8-10-17(16-18)28-25(31)22-14-9-15-34-22)24(30)29-26-23(27(32)33-4-2)19-12-6-5-7-13-21(19)36-26/h8-11,14-16,20H,3-7,12-13H2,1-2H3,(H,28,31)(H,29,30). The molecule has 0 saturated heterocycles. The summed E-state index contributed by atoms with van der Waals surface area (Å²) in [6.45, 7) is 4.06. The van der Waals surface area contributed by atoms with Crippen LogP contribution in [0.15, 0.2) is 46.7 Å². The summed E-state index contributed by atoms with van der Waals surface area (Å²) in [7, 11) is 0. The molecule has 0 spiro atoms. The molecular formula is C27H30N2O4S3. The molecule has 2 N–H and O–H groups in total. The zero-order valence-electron chi connectivity index (χ0n) is 20.4. The first-order chi connectivity index (χ1) is 17.5. The van der Waals surface area contributed by atoms with Gasteiger partial charge in [-0.05, 0) is 74.2 Å². The number of carbonyl (C=O) groups excluding carboxylic acids is 3. The van der Waals surface area contributed by atoms with Crippen LogP contribution in [-0.4, -0.2) is 29.6 Å². The fourth-order valence-electron chi connectivity index (χ4n) is 4.18. The van der Waals surface area contributed by atoms with Gasteiger partial charge in [0.1, 0.15) is 5.00 Å². The number of hydrogen-bond donors (Lipinski definition) is 2. The van der Waals surface area contributed by atoms with E-state index in [1.807, 2.05) is 42.6 Å². The number of aryl methyl sites for hydroxylation is 1. The maximum Gasteiger partial charge on any atom is 0.341 e. The number of esters is 1. The first-order valence-corrected chi connectivity index (χ1v) is 14.8. The van der Waals surface area contributed by atoms with Crippen LogP contribution in [0.4, 0.5) is 10.7 Å². The number of fused-ring (bicyclic) bond motifs is 1. The summed E-state index contributed by atoms with van der Waals surface area (Å²) in [5, 5.41) is 8.08. The first-order valence-electron chi connectivity index (χ1n) is 12.2. The van der Waals surface area contributed by atoms with Gasteiger partial charge in [-0.15, -0.1) is 34.4 Å². The van der Waals surface area contributed by atoms with Gasteiger partial charge in [-0.25, -0.2) is 4.79 Å². The van der Waals surface area contributed by atoms with E-state index >= 15 is 0 Å². The molecule has 1 aromatic carbocycles. The molecule has 190 valence electrons. The highest BCUT2D eigenvalue weighted by Gasteiger charge is 2.28. The van der Waals surface area contributed by atoms with E-state index in [9.17, 15) is 14.4 Å². The van der Waals surface area contributed by atoms with Crippen molar-refractivity contribution in [1.29, 1.82) is 0 Å². The van der Waals surface area contributed by atoms with Crippen molar-refractivity contribution in [3.63, 3.8) is 0 Å². The predicted octanol–water partition coefficient (Wildman–Crippen LogP) is 7.02. The molecule has 0 saturated carbocycles. The Morgan fingerprint density at radius 2 is 1.89 bits per heavy atom. The normalized spacial score (nSPS) is 13.8. The Kier molecular flexibility index (Phi) is 9.23. The number of thiophene rings is 2. The lowest BCUT2D eigenvalue weighted by Gasteiger charge is -2.16. The summed E-state index contributed by atoms with van der Waals surface area (Å²) in [4.78, 5) is 41.3. The number of nitrogens with one attached hydrogen (secondary N) is 2. The quantitative estimate of drug-likeness (QED) is 0.172. The number of hydrogen-bond acceptors (Lipinski definition) is 7. The average Bonchev–Trinajstić information content (AvgIpc) is 3.46. The molecule has 2 aromatic heterocycles. The van der Waals surface area contributed by atoms with Gasteiger partial charge in [-0.2, -0.15) is 0 Å². The summed E-state index contributed by atoms with van der Waals surface area (Å²) in [6, 6.07) is 11.1. The van der Waals surface area contributed by atoms with E-state index in [2.05, 4.69) is 10.6 Å². The van der Waals surface area contributed by atoms with Crippen LogP contribution in [0.25, 0.3) is 0 Å². The van der Waals surface area contributed by atoms with Gasteiger partial charge in [0, 0.05) is 15.5 Å². The van der Waals surface area contributed by atoms with Crippen LogP contribution in [0.5, 0.6) is 0 Å². The molecule has 1 aliphatic carbocycles. The second-order valence-corrected chi connectivity index (χ2v) is 11.8. The van der Waals surface area contributed by atoms with Crippen LogP contribution in [0.2, 0.25) is 0 Å². The van der Waals surface area contributed by atoms with E-state index < -0.39 is 0 Å². The molecule has 36 heavy (non-hydrogen) atoms. The summed E-state index contributed by atoms with van der Waals surface area (Å²) >= 11 is 4.34. The predicted molar refractivity (Wildman–Crippen MR) is 149 cm³/mol. The Morgan fingerprint density at radius 3 is 2.64 bits per heavy atom. The summed E-state index contributed by atoms with van der Waals surface area (Å²) in [5.74, 6) is -0.652. The number of thioether (sulfide) groups is 1. The topological polar surface area (TPSA) is 84.5 Å². The highest BCUT2D eigenvalue weighted by Crippen LogP contribution is 2.39. The minimum atomic E-state index is -0.359. The zero-order valence-corrected chi connectivity index (χ0v) is 22.9. The number of ether oxygens (including phenoxy) is 1. The molecule has 1 aliphatic rings. The maximum absolute atomic E-state index is 13.3. The second kappa shape index (κ2) is 12.6. The van der Waals surface area contributed by atoms with E-state index in [1.54, 1.807) is 13.0 Å². The van der Waals surface area contributed by atoms with Gasteiger partial charge in [0.15, 0.2) is 0 Å². The van der Waals surface area contributed by atoms with Gasteiger partial charge in [0.2, 0.25) is 5.91 Å². The first kappa shape index (κ1) is 26.4. The molecule has 9 heteroatoms. The number of amides is 2. The smallest absolute Gasteiger partial charge is 0.341 e. The minimum Gasteiger partial charge on any atom is -0.462 e. The molecule has 1 atom stereocenters. The Bertz CT molecular complexity index is 1220. The van der Waals surface area contributed by atoms with Crippen LogP contribution < -0.4 is 10.6 Å². The van der Waals surface area contributed by atoms with Crippen LogP contribution in [0, 0.1) is 0 Å². The van der Waals surface area contributed by atoms with Gasteiger partial charge in [-0.3, -0.25) is 9.59 Å². The van der Waals surface area contributed by atoms with Crippen molar-refractivity contribution in [2.75, 3.05) is 17.2 Å². The molecule has 0 radical (unpaired) electrons. The third kappa shape index (κ3) is 6.38. The van der Waals surface area contributed by atoms with Crippen molar-refractivity contribution in [3.05, 3.63) is 62.7 Å². The van der Waals surface area contributed by atoms with Gasteiger partial charge >= 0.3 is 5.97 Å². The van der Waals surface area contributed by atoms with Gasteiger partial charge in [0.25, 0.3) is 5.91 Å². The summed E-state index contributed by atoms with van der Waals surface area (Å²) in [5.41, 5.74) is 2.26. The maximum atomic E-state index is 13.3. The van der Waals surface area contributed by atoms with Crippen LogP contribution in [-0.2, 0) is 22.4 Å². The van der Waals surface area contributed by atoms with Crippen molar-refractivity contribution < 1.29 is 19.1 Å². The van der Waals surface area contributed by atoms with Gasteiger partial charge in [-0.1, -0.05) is 25.5 Å². The third-order valence-electron chi connectivity index (χ3n) is 5.92. The van der Waals surface area contributed by atoms with Crippen LogP contribution >= 0.6 is 34.4 Å². The molecule has 0 fully saturated rings. The fourth-order valence-corrected chi connectivity index (χ4v) is 7.09. The molecule has 0 aliphatic heterocycles. The van der Waals surface area contributed by atoms with E-state index in [0.29, 0.717) is 34.2 Å². The zero-order chi connectivity index (χ0) is 25.5. The van der Waals surface area contributed by atoms with E-state index in [0.717, 1.165) is 42.6 Å². The lowest BCUT2D eigenvalue weighted by atomic mass is 10.1. The lowest BCUT2D eigenvalue weighted by Crippen LogP contribution is -2.25. The molecule has 4 rings (SSSR count). The Labute approximate surface area is 223 Å². The number of anilines is 2. The van der Waals surface area contributed by atoms with Crippen molar-refractivity contribution in [1.82, 2.24) is 0 Å². The number of carbonyl (C=O) groups is 3. The summed E-state index contributed by atoms with van der Waals surface area (Å²) in [6.07, 6.45) is 5.66. The molecule has 6 nitrogen and oxygen atoms in total. The van der Waals surface area contributed by atoms with E-state index in [1.165, 1.54) is 39.3 Å². The molecule has 1 unspecified atom stereocenters. The Balaban J connectivity index is 1.49. The Morgan fingerprint density at radius 1 is 1.06 bits per heavy atom. The van der Waals surface area contributed by atoms with Crippen molar-refractivity contribution in [2.45, 2.75) is 62.5 Å². The summed E-state index contributed by atoms with van der Waals surface area (Å²) < 4.78 is 5.35.